The lowest BCUT2D eigenvalue weighted by molar-refractivity contribution is 0.0666. The van der Waals surface area contributed by atoms with E-state index in [9.17, 15) is 0 Å². The summed E-state index contributed by atoms with van der Waals surface area (Å²) in [6.07, 6.45) is 5.01. The van der Waals surface area contributed by atoms with Crippen molar-refractivity contribution in [1.82, 2.24) is 9.80 Å². The summed E-state index contributed by atoms with van der Waals surface area (Å²) in [4.78, 5) is 4.95. The van der Waals surface area contributed by atoms with E-state index in [4.69, 9.17) is 10.8 Å². The SMILES string of the molecule is NC1CCCC(N2CCN(CCO)CC2)C1. The highest BCUT2D eigenvalue weighted by Gasteiger charge is 2.27. The molecule has 0 radical (unpaired) electrons. The Labute approximate surface area is 98.4 Å². The van der Waals surface area contributed by atoms with Crippen LogP contribution in [-0.2, 0) is 0 Å². The Morgan fingerprint density at radius 3 is 2.50 bits per heavy atom. The molecule has 2 atom stereocenters. The van der Waals surface area contributed by atoms with E-state index in [1.54, 1.807) is 0 Å². The Morgan fingerprint density at radius 2 is 1.88 bits per heavy atom. The molecule has 4 heteroatoms. The topological polar surface area (TPSA) is 52.7 Å². The lowest BCUT2D eigenvalue weighted by Crippen LogP contribution is -2.52. The molecule has 1 saturated heterocycles. The number of aliphatic hydroxyl groups excluding tert-OH is 1. The fourth-order valence-electron chi connectivity index (χ4n) is 3.03. The van der Waals surface area contributed by atoms with Crippen LogP contribution in [0.15, 0.2) is 0 Å². The number of nitrogens with zero attached hydrogens (tertiary/aromatic N) is 2. The highest BCUT2D eigenvalue weighted by atomic mass is 16.3. The summed E-state index contributed by atoms with van der Waals surface area (Å²) < 4.78 is 0. The van der Waals surface area contributed by atoms with Crippen LogP contribution in [0.25, 0.3) is 0 Å². The summed E-state index contributed by atoms with van der Waals surface area (Å²) in [5.74, 6) is 0. The van der Waals surface area contributed by atoms with Crippen LogP contribution < -0.4 is 5.73 Å². The van der Waals surface area contributed by atoms with Crippen molar-refractivity contribution in [2.75, 3.05) is 39.3 Å². The van der Waals surface area contributed by atoms with Crippen LogP contribution in [0.4, 0.5) is 0 Å². The maximum Gasteiger partial charge on any atom is 0.0558 e. The molecule has 0 spiro atoms. The fraction of sp³-hybridized carbons (Fsp3) is 1.00. The van der Waals surface area contributed by atoms with Gasteiger partial charge < -0.3 is 10.8 Å². The quantitative estimate of drug-likeness (QED) is 0.705. The minimum atomic E-state index is 0.286. The number of hydrogen-bond acceptors (Lipinski definition) is 4. The molecule has 1 saturated carbocycles. The highest BCUT2D eigenvalue weighted by molar-refractivity contribution is 4.84. The first kappa shape index (κ1) is 12.3. The van der Waals surface area contributed by atoms with Gasteiger partial charge in [0.2, 0.25) is 0 Å². The fourth-order valence-corrected chi connectivity index (χ4v) is 3.03. The first-order valence-corrected chi connectivity index (χ1v) is 6.62. The number of aliphatic hydroxyl groups is 1. The molecular weight excluding hydrogens is 202 g/mol. The predicted octanol–water partition coefficient (Wildman–Crippen LogP) is -0.134. The minimum Gasteiger partial charge on any atom is -0.395 e. The third-order valence-corrected chi connectivity index (χ3v) is 4.03. The van der Waals surface area contributed by atoms with E-state index in [1.807, 2.05) is 0 Å². The first-order valence-electron chi connectivity index (χ1n) is 6.62. The van der Waals surface area contributed by atoms with Gasteiger partial charge in [0.05, 0.1) is 6.61 Å². The summed E-state index contributed by atoms with van der Waals surface area (Å²) in [6, 6.07) is 1.15. The average Bonchev–Trinajstić information content (AvgIpc) is 2.30. The van der Waals surface area contributed by atoms with E-state index >= 15 is 0 Å². The van der Waals surface area contributed by atoms with Gasteiger partial charge in [0.15, 0.2) is 0 Å². The van der Waals surface area contributed by atoms with Gasteiger partial charge in [0.1, 0.15) is 0 Å². The Hall–Kier alpha value is -0.160. The second-order valence-corrected chi connectivity index (χ2v) is 5.18. The molecule has 0 aromatic carbocycles. The van der Waals surface area contributed by atoms with Crippen LogP contribution in [0.2, 0.25) is 0 Å². The second-order valence-electron chi connectivity index (χ2n) is 5.18. The van der Waals surface area contributed by atoms with Gasteiger partial charge in [-0.05, 0) is 19.3 Å². The van der Waals surface area contributed by atoms with Gasteiger partial charge in [-0.15, -0.1) is 0 Å². The van der Waals surface area contributed by atoms with Crippen molar-refractivity contribution in [3.05, 3.63) is 0 Å². The third kappa shape index (κ3) is 3.17. The molecule has 1 aliphatic carbocycles. The van der Waals surface area contributed by atoms with E-state index < -0.39 is 0 Å². The van der Waals surface area contributed by atoms with Crippen LogP contribution in [-0.4, -0.2) is 66.3 Å². The lowest BCUT2D eigenvalue weighted by Gasteiger charge is -2.41. The molecule has 2 aliphatic rings. The standard InChI is InChI=1S/C12H25N3O/c13-11-2-1-3-12(10-11)15-6-4-14(5-7-15)8-9-16/h11-12,16H,1-10,13H2. The van der Waals surface area contributed by atoms with Gasteiger partial charge in [0, 0.05) is 44.8 Å². The van der Waals surface area contributed by atoms with Crippen molar-refractivity contribution in [2.45, 2.75) is 37.8 Å². The zero-order chi connectivity index (χ0) is 11.4. The van der Waals surface area contributed by atoms with Crippen molar-refractivity contribution >= 4 is 0 Å². The summed E-state index contributed by atoms with van der Waals surface area (Å²) in [5, 5.41) is 8.90. The molecule has 16 heavy (non-hydrogen) atoms. The Bertz CT molecular complexity index is 204. The van der Waals surface area contributed by atoms with Crippen molar-refractivity contribution in [3.8, 4) is 0 Å². The largest absolute Gasteiger partial charge is 0.395 e. The van der Waals surface area contributed by atoms with E-state index in [1.165, 1.54) is 25.7 Å². The summed E-state index contributed by atoms with van der Waals surface area (Å²) in [6.45, 7) is 5.62. The molecule has 4 nitrogen and oxygen atoms in total. The van der Waals surface area contributed by atoms with Gasteiger partial charge in [-0.3, -0.25) is 9.80 Å². The summed E-state index contributed by atoms with van der Waals surface area (Å²) >= 11 is 0. The number of rotatable bonds is 3. The number of piperazine rings is 1. The highest BCUT2D eigenvalue weighted by Crippen LogP contribution is 2.22. The molecule has 0 aromatic heterocycles. The molecule has 94 valence electrons. The molecule has 3 N–H and O–H groups in total. The van der Waals surface area contributed by atoms with E-state index in [0.717, 1.165) is 38.8 Å². The van der Waals surface area contributed by atoms with E-state index in [0.29, 0.717) is 6.04 Å². The zero-order valence-corrected chi connectivity index (χ0v) is 10.1. The van der Waals surface area contributed by atoms with Gasteiger partial charge in [-0.1, -0.05) is 6.42 Å². The van der Waals surface area contributed by atoms with Crippen LogP contribution in [0.5, 0.6) is 0 Å². The molecule has 2 unspecified atom stereocenters. The van der Waals surface area contributed by atoms with Gasteiger partial charge in [0.25, 0.3) is 0 Å². The van der Waals surface area contributed by atoms with Crippen molar-refractivity contribution in [1.29, 1.82) is 0 Å². The number of β-amino-alcohol motifs (C(OH)–C–C–N with tert-alkyl or cyclic N) is 1. The average molecular weight is 227 g/mol. The summed E-state index contributed by atoms with van der Waals surface area (Å²) in [5.41, 5.74) is 6.04. The van der Waals surface area contributed by atoms with Crippen LogP contribution in [0, 0.1) is 0 Å². The van der Waals surface area contributed by atoms with E-state index in [2.05, 4.69) is 9.80 Å². The zero-order valence-electron chi connectivity index (χ0n) is 10.1. The van der Waals surface area contributed by atoms with E-state index in [-0.39, 0.29) is 6.61 Å². The van der Waals surface area contributed by atoms with Crippen molar-refractivity contribution in [3.63, 3.8) is 0 Å². The molecule has 0 aromatic rings. The van der Waals surface area contributed by atoms with Gasteiger partial charge in [-0.25, -0.2) is 0 Å². The Morgan fingerprint density at radius 1 is 1.12 bits per heavy atom. The second kappa shape index (κ2) is 5.96. The molecule has 0 amide bonds. The first-order chi connectivity index (χ1) is 7.79. The normalized spacial score (nSPS) is 34.1. The predicted molar refractivity (Wildman–Crippen MR) is 65.3 cm³/mol. The maximum absolute atomic E-state index is 8.90. The molecule has 2 rings (SSSR count). The Kier molecular flexibility index (Phi) is 4.58. The van der Waals surface area contributed by atoms with Crippen molar-refractivity contribution in [2.24, 2.45) is 5.73 Å². The monoisotopic (exact) mass is 227 g/mol. The molecule has 1 aliphatic heterocycles. The van der Waals surface area contributed by atoms with Gasteiger partial charge in [-0.2, -0.15) is 0 Å². The number of hydrogen-bond donors (Lipinski definition) is 2. The Balaban J connectivity index is 1.75. The molecule has 1 heterocycles. The minimum absolute atomic E-state index is 0.286. The smallest absolute Gasteiger partial charge is 0.0558 e. The molecular formula is C12H25N3O. The summed E-state index contributed by atoms with van der Waals surface area (Å²) in [7, 11) is 0. The molecule has 0 bridgehead atoms. The van der Waals surface area contributed by atoms with Crippen LogP contribution in [0.1, 0.15) is 25.7 Å². The van der Waals surface area contributed by atoms with Gasteiger partial charge >= 0.3 is 0 Å². The van der Waals surface area contributed by atoms with Crippen molar-refractivity contribution < 1.29 is 5.11 Å². The maximum atomic E-state index is 8.90. The third-order valence-electron chi connectivity index (χ3n) is 4.03. The lowest BCUT2D eigenvalue weighted by atomic mass is 9.90. The molecule has 2 fully saturated rings. The number of nitrogens with two attached hydrogens (primary N) is 1. The van der Waals surface area contributed by atoms with Crippen LogP contribution >= 0.6 is 0 Å². The van der Waals surface area contributed by atoms with Crippen LogP contribution in [0.3, 0.4) is 0 Å².